The lowest BCUT2D eigenvalue weighted by molar-refractivity contribution is -0.140. The molecule has 1 atom stereocenters. The van der Waals surface area contributed by atoms with E-state index in [1.165, 1.54) is 6.42 Å². The Kier molecular flexibility index (Phi) is 9.73. The number of rotatable bonds is 9. The van der Waals surface area contributed by atoms with Crippen LogP contribution in [0.25, 0.3) is 0 Å². The first-order valence-electron chi connectivity index (χ1n) is 6.33. The van der Waals surface area contributed by atoms with E-state index in [1.54, 1.807) is 6.92 Å². The van der Waals surface area contributed by atoms with Gasteiger partial charge in [-0.25, -0.2) is 9.59 Å². The fourth-order valence-corrected chi connectivity index (χ4v) is 1.26. The number of unbranched alkanes of at least 4 members (excludes halogenated alkanes) is 3. The van der Waals surface area contributed by atoms with E-state index in [9.17, 15) is 9.59 Å². The van der Waals surface area contributed by atoms with Gasteiger partial charge in [0.05, 0.1) is 0 Å². The standard InChI is InChI=1S/C13H23NO4/c1-4-6-7-8-9-14-13(16)18-11(3)10-17-12(15)5-2/h5,11H,2,4,6-10H2,1,3H3,(H,14,16). The molecule has 0 bridgehead atoms. The summed E-state index contributed by atoms with van der Waals surface area (Å²) in [5.74, 6) is -0.523. The SMILES string of the molecule is C=CC(=O)OCC(C)OC(=O)NCCCCCC. The Morgan fingerprint density at radius 2 is 2.06 bits per heavy atom. The van der Waals surface area contributed by atoms with Gasteiger partial charge in [-0.1, -0.05) is 32.8 Å². The molecule has 0 aliphatic heterocycles. The maximum atomic E-state index is 11.3. The van der Waals surface area contributed by atoms with Gasteiger partial charge in [-0.15, -0.1) is 0 Å². The first kappa shape index (κ1) is 16.5. The third-order valence-electron chi connectivity index (χ3n) is 2.23. The van der Waals surface area contributed by atoms with Crippen LogP contribution in [0.2, 0.25) is 0 Å². The maximum absolute atomic E-state index is 11.3. The van der Waals surface area contributed by atoms with Gasteiger partial charge in [0.25, 0.3) is 0 Å². The number of ether oxygens (including phenoxy) is 2. The highest BCUT2D eigenvalue weighted by molar-refractivity contribution is 5.81. The summed E-state index contributed by atoms with van der Waals surface area (Å²) in [6.45, 7) is 7.71. The monoisotopic (exact) mass is 257 g/mol. The van der Waals surface area contributed by atoms with Crippen LogP contribution in [0.4, 0.5) is 4.79 Å². The van der Waals surface area contributed by atoms with Crippen LogP contribution in [-0.4, -0.2) is 31.3 Å². The second-order valence-electron chi connectivity index (χ2n) is 4.04. The molecule has 0 spiro atoms. The van der Waals surface area contributed by atoms with Crippen LogP contribution >= 0.6 is 0 Å². The number of alkyl carbamates (subject to hydrolysis) is 1. The van der Waals surface area contributed by atoms with Crippen molar-refractivity contribution in [3.8, 4) is 0 Å². The largest absolute Gasteiger partial charge is 0.459 e. The normalized spacial score (nSPS) is 11.4. The lowest BCUT2D eigenvalue weighted by Crippen LogP contribution is -2.30. The number of nitrogens with one attached hydrogen (secondary N) is 1. The molecule has 1 amide bonds. The van der Waals surface area contributed by atoms with Crippen molar-refractivity contribution in [2.24, 2.45) is 0 Å². The van der Waals surface area contributed by atoms with Crippen LogP contribution in [0.3, 0.4) is 0 Å². The minimum absolute atomic E-state index is 0.0358. The van der Waals surface area contributed by atoms with Crippen molar-refractivity contribution >= 4 is 12.1 Å². The summed E-state index contributed by atoms with van der Waals surface area (Å²) >= 11 is 0. The highest BCUT2D eigenvalue weighted by Gasteiger charge is 2.10. The van der Waals surface area contributed by atoms with Gasteiger partial charge < -0.3 is 14.8 Å². The van der Waals surface area contributed by atoms with Crippen molar-refractivity contribution < 1.29 is 19.1 Å². The molecule has 5 heteroatoms. The minimum Gasteiger partial charge on any atom is -0.459 e. The molecule has 0 rings (SSSR count). The molecule has 0 aromatic carbocycles. The van der Waals surface area contributed by atoms with E-state index in [1.807, 2.05) is 0 Å². The second-order valence-corrected chi connectivity index (χ2v) is 4.04. The molecule has 0 aliphatic rings. The summed E-state index contributed by atoms with van der Waals surface area (Å²) in [6, 6.07) is 0. The Morgan fingerprint density at radius 3 is 2.67 bits per heavy atom. The van der Waals surface area contributed by atoms with Gasteiger partial charge >= 0.3 is 12.1 Å². The van der Waals surface area contributed by atoms with Crippen molar-refractivity contribution in [2.75, 3.05) is 13.2 Å². The number of amides is 1. The predicted molar refractivity (Wildman–Crippen MR) is 69.2 cm³/mol. The molecule has 1 unspecified atom stereocenters. The van der Waals surface area contributed by atoms with Crippen molar-refractivity contribution in [3.05, 3.63) is 12.7 Å². The number of carbonyl (C=O) groups excluding carboxylic acids is 2. The molecule has 0 aromatic rings. The predicted octanol–water partition coefficient (Wildman–Crippen LogP) is 2.41. The summed E-state index contributed by atoms with van der Waals surface area (Å²) in [6.07, 6.45) is 4.51. The van der Waals surface area contributed by atoms with Crippen molar-refractivity contribution in [1.29, 1.82) is 0 Å². The van der Waals surface area contributed by atoms with Crippen molar-refractivity contribution in [3.63, 3.8) is 0 Å². The highest BCUT2D eigenvalue weighted by Crippen LogP contribution is 1.98. The van der Waals surface area contributed by atoms with Gasteiger partial charge in [0.15, 0.2) is 0 Å². The molecule has 0 fully saturated rings. The number of hydrogen-bond donors (Lipinski definition) is 1. The third kappa shape index (κ3) is 9.69. The molecular weight excluding hydrogens is 234 g/mol. The summed E-state index contributed by atoms with van der Waals surface area (Å²) < 4.78 is 9.74. The molecule has 0 saturated heterocycles. The fraction of sp³-hybridized carbons (Fsp3) is 0.692. The zero-order chi connectivity index (χ0) is 13.8. The molecule has 104 valence electrons. The van der Waals surface area contributed by atoms with Crippen LogP contribution in [0.5, 0.6) is 0 Å². The zero-order valence-corrected chi connectivity index (χ0v) is 11.2. The summed E-state index contributed by atoms with van der Waals surface area (Å²) in [5, 5.41) is 2.65. The lowest BCUT2D eigenvalue weighted by atomic mass is 10.2. The molecule has 1 N–H and O–H groups in total. The fourth-order valence-electron chi connectivity index (χ4n) is 1.26. The van der Waals surface area contributed by atoms with Crippen molar-refractivity contribution in [1.82, 2.24) is 5.32 Å². The maximum Gasteiger partial charge on any atom is 0.407 e. The van der Waals surface area contributed by atoms with E-state index >= 15 is 0 Å². The summed E-state index contributed by atoms with van der Waals surface area (Å²) in [4.78, 5) is 22.1. The smallest absolute Gasteiger partial charge is 0.407 e. The van der Waals surface area contributed by atoms with E-state index in [-0.39, 0.29) is 6.61 Å². The number of esters is 1. The van der Waals surface area contributed by atoms with E-state index < -0.39 is 18.2 Å². The molecule has 5 nitrogen and oxygen atoms in total. The van der Waals surface area contributed by atoms with Crippen molar-refractivity contribution in [2.45, 2.75) is 45.6 Å². The number of hydrogen-bond acceptors (Lipinski definition) is 4. The Bertz CT molecular complexity index is 266. The Labute approximate surface area is 109 Å². The topological polar surface area (TPSA) is 64.6 Å². The average molecular weight is 257 g/mol. The van der Waals surface area contributed by atoms with Crippen LogP contribution in [0, 0.1) is 0 Å². The second kappa shape index (κ2) is 10.6. The Morgan fingerprint density at radius 1 is 1.33 bits per heavy atom. The van der Waals surface area contributed by atoms with Crippen LogP contribution in [0.15, 0.2) is 12.7 Å². The quantitative estimate of drug-likeness (QED) is 0.391. The Balaban J connectivity index is 3.54. The third-order valence-corrected chi connectivity index (χ3v) is 2.23. The van der Waals surface area contributed by atoms with Gasteiger partial charge in [-0.2, -0.15) is 0 Å². The lowest BCUT2D eigenvalue weighted by Gasteiger charge is -2.13. The van der Waals surface area contributed by atoms with E-state index in [2.05, 4.69) is 18.8 Å². The molecule has 0 aromatic heterocycles. The molecule has 0 heterocycles. The first-order chi connectivity index (χ1) is 8.60. The van der Waals surface area contributed by atoms with Gasteiger partial charge in [-0.05, 0) is 13.3 Å². The summed E-state index contributed by atoms with van der Waals surface area (Å²) in [7, 11) is 0. The van der Waals surface area contributed by atoms with E-state index in [4.69, 9.17) is 9.47 Å². The zero-order valence-electron chi connectivity index (χ0n) is 11.2. The van der Waals surface area contributed by atoms with Crippen LogP contribution in [0.1, 0.15) is 39.5 Å². The van der Waals surface area contributed by atoms with Gasteiger partial charge in [-0.3, -0.25) is 0 Å². The molecular formula is C13H23NO4. The first-order valence-corrected chi connectivity index (χ1v) is 6.33. The Hall–Kier alpha value is -1.52. The molecule has 0 radical (unpaired) electrons. The minimum atomic E-state index is -0.523. The highest BCUT2D eigenvalue weighted by atomic mass is 16.6. The average Bonchev–Trinajstić information content (AvgIpc) is 2.35. The van der Waals surface area contributed by atoms with Gasteiger partial charge in [0.1, 0.15) is 12.7 Å². The van der Waals surface area contributed by atoms with Crippen LogP contribution in [-0.2, 0) is 14.3 Å². The van der Waals surface area contributed by atoms with Gasteiger partial charge in [0.2, 0.25) is 0 Å². The van der Waals surface area contributed by atoms with Gasteiger partial charge in [0, 0.05) is 12.6 Å². The van der Waals surface area contributed by atoms with E-state index in [0.29, 0.717) is 6.54 Å². The summed E-state index contributed by atoms with van der Waals surface area (Å²) in [5.41, 5.74) is 0. The molecule has 18 heavy (non-hydrogen) atoms. The van der Waals surface area contributed by atoms with E-state index in [0.717, 1.165) is 25.3 Å². The number of carbonyl (C=O) groups is 2. The molecule has 0 aliphatic carbocycles. The van der Waals surface area contributed by atoms with Crippen LogP contribution < -0.4 is 5.32 Å². The molecule has 0 saturated carbocycles.